The summed E-state index contributed by atoms with van der Waals surface area (Å²) >= 11 is 0. The molecule has 1 atom stereocenters. The third-order valence-electron chi connectivity index (χ3n) is 5.08. The molecule has 9 heteroatoms. The van der Waals surface area contributed by atoms with Gasteiger partial charge in [-0.1, -0.05) is 56.3 Å². The van der Waals surface area contributed by atoms with Crippen molar-refractivity contribution in [2.24, 2.45) is 10.1 Å². The summed E-state index contributed by atoms with van der Waals surface area (Å²) in [5, 5.41) is 11.9. The van der Waals surface area contributed by atoms with Gasteiger partial charge in [0.05, 0.1) is 10.9 Å². The molecule has 2 aromatic carbocycles. The SMILES string of the molecule is CCN(CC)C(CNC(=NC)NCCc1ccc(S(N)(=O)=O)cc1)c1ccccc1.I. The average Bonchev–Trinajstić information content (AvgIpc) is 2.75. The Bertz CT molecular complexity index is 901. The lowest BCUT2D eigenvalue weighted by atomic mass is 10.1. The summed E-state index contributed by atoms with van der Waals surface area (Å²) in [5.74, 6) is 0.740. The zero-order chi connectivity index (χ0) is 22.0. The molecule has 172 valence electrons. The normalized spacial score (nSPS) is 12.9. The predicted molar refractivity (Wildman–Crippen MR) is 138 cm³/mol. The van der Waals surface area contributed by atoms with E-state index in [0.717, 1.165) is 37.6 Å². The highest BCUT2D eigenvalue weighted by Crippen LogP contribution is 2.19. The number of likely N-dealkylation sites (N-methyl/N-ethyl adjacent to an activating group) is 1. The Morgan fingerprint density at radius 3 is 2.16 bits per heavy atom. The number of benzene rings is 2. The molecule has 0 aliphatic rings. The molecule has 7 nitrogen and oxygen atoms in total. The van der Waals surface area contributed by atoms with E-state index in [4.69, 9.17) is 5.14 Å². The summed E-state index contributed by atoms with van der Waals surface area (Å²) in [6.45, 7) is 7.71. The van der Waals surface area contributed by atoms with Crippen LogP contribution in [0.5, 0.6) is 0 Å². The third kappa shape index (κ3) is 8.76. The standard InChI is InChI=1S/C22H33N5O2S.HI/c1-4-27(5-2)21(19-9-7-6-8-10-19)17-26-22(24-3)25-16-15-18-11-13-20(14-12-18)30(23,28)29;/h6-14,21H,4-5,15-17H2,1-3H3,(H2,23,28,29)(H2,24,25,26);1H. The second kappa shape index (κ2) is 13.7. The van der Waals surface area contributed by atoms with Gasteiger partial charge in [-0.25, -0.2) is 13.6 Å². The largest absolute Gasteiger partial charge is 0.356 e. The summed E-state index contributed by atoms with van der Waals surface area (Å²) < 4.78 is 22.7. The number of nitrogens with two attached hydrogens (primary N) is 1. The molecular weight excluding hydrogens is 525 g/mol. The first kappa shape index (κ1) is 27.3. The highest BCUT2D eigenvalue weighted by Gasteiger charge is 2.18. The second-order valence-corrected chi connectivity index (χ2v) is 8.53. The van der Waals surface area contributed by atoms with Crippen molar-refractivity contribution in [1.29, 1.82) is 0 Å². The summed E-state index contributed by atoms with van der Waals surface area (Å²) in [7, 11) is -1.90. The van der Waals surface area contributed by atoms with Gasteiger partial charge < -0.3 is 10.6 Å². The Labute approximate surface area is 203 Å². The van der Waals surface area contributed by atoms with E-state index >= 15 is 0 Å². The van der Waals surface area contributed by atoms with Crippen LogP contribution in [0.3, 0.4) is 0 Å². The molecule has 4 N–H and O–H groups in total. The smallest absolute Gasteiger partial charge is 0.238 e. The highest BCUT2D eigenvalue weighted by atomic mass is 127. The van der Waals surface area contributed by atoms with Crippen LogP contribution in [-0.4, -0.2) is 52.5 Å². The average molecular weight is 560 g/mol. The van der Waals surface area contributed by atoms with Gasteiger partial charge in [-0.3, -0.25) is 9.89 Å². The summed E-state index contributed by atoms with van der Waals surface area (Å²) in [6.07, 6.45) is 0.740. The molecule has 2 aromatic rings. The van der Waals surface area contributed by atoms with Gasteiger partial charge in [-0.15, -0.1) is 24.0 Å². The van der Waals surface area contributed by atoms with E-state index in [0.29, 0.717) is 6.54 Å². The van der Waals surface area contributed by atoms with Crippen LogP contribution in [-0.2, 0) is 16.4 Å². The number of nitrogens with zero attached hydrogens (tertiary/aromatic N) is 2. The molecule has 0 bridgehead atoms. The second-order valence-electron chi connectivity index (χ2n) is 6.97. The van der Waals surface area contributed by atoms with Gasteiger partial charge in [0.1, 0.15) is 0 Å². The number of guanidine groups is 1. The first-order valence-electron chi connectivity index (χ1n) is 10.2. The molecule has 0 radical (unpaired) electrons. The number of rotatable bonds is 10. The van der Waals surface area contributed by atoms with Gasteiger partial charge in [0.15, 0.2) is 5.96 Å². The van der Waals surface area contributed by atoms with Crippen LogP contribution in [0.4, 0.5) is 0 Å². The van der Waals surface area contributed by atoms with Crippen molar-refractivity contribution >= 4 is 40.0 Å². The molecule has 0 saturated heterocycles. The van der Waals surface area contributed by atoms with E-state index in [1.807, 2.05) is 6.07 Å². The minimum atomic E-state index is -3.66. The lowest BCUT2D eigenvalue weighted by Crippen LogP contribution is -2.43. The maximum absolute atomic E-state index is 11.3. The quantitative estimate of drug-likeness (QED) is 0.236. The van der Waals surface area contributed by atoms with Crippen LogP contribution in [0.25, 0.3) is 0 Å². The maximum Gasteiger partial charge on any atom is 0.238 e. The van der Waals surface area contributed by atoms with Gasteiger partial charge in [0.25, 0.3) is 0 Å². The Hall–Kier alpha value is -1.69. The summed E-state index contributed by atoms with van der Waals surface area (Å²) in [4.78, 5) is 6.87. The zero-order valence-corrected chi connectivity index (χ0v) is 21.6. The van der Waals surface area contributed by atoms with Gasteiger partial charge in [-0.2, -0.15) is 0 Å². The number of primary sulfonamides is 1. The van der Waals surface area contributed by atoms with E-state index in [2.05, 4.69) is 58.6 Å². The molecule has 0 amide bonds. The highest BCUT2D eigenvalue weighted by molar-refractivity contribution is 14.0. The molecular formula is C22H34IN5O2S. The van der Waals surface area contributed by atoms with Crippen molar-refractivity contribution in [3.8, 4) is 0 Å². The van der Waals surface area contributed by atoms with Crippen molar-refractivity contribution < 1.29 is 8.42 Å². The number of aliphatic imine (C=N–C) groups is 1. The molecule has 0 aliphatic carbocycles. The molecule has 0 aromatic heterocycles. The maximum atomic E-state index is 11.3. The monoisotopic (exact) mass is 559 g/mol. The molecule has 0 aliphatic heterocycles. The molecule has 1 unspecified atom stereocenters. The van der Waals surface area contributed by atoms with Crippen LogP contribution in [0.1, 0.15) is 31.0 Å². The number of nitrogens with one attached hydrogen (secondary N) is 2. The van der Waals surface area contributed by atoms with Gasteiger partial charge in [0, 0.05) is 20.1 Å². The molecule has 0 saturated carbocycles. The molecule has 0 heterocycles. The third-order valence-corrected chi connectivity index (χ3v) is 6.01. The molecule has 0 spiro atoms. The Balaban J connectivity index is 0.00000480. The lowest BCUT2D eigenvalue weighted by Gasteiger charge is -2.30. The minimum Gasteiger partial charge on any atom is -0.356 e. The fourth-order valence-electron chi connectivity index (χ4n) is 3.38. The number of hydrogen-bond donors (Lipinski definition) is 3. The molecule has 0 fully saturated rings. The van der Waals surface area contributed by atoms with Crippen LogP contribution < -0.4 is 15.8 Å². The zero-order valence-electron chi connectivity index (χ0n) is 18.4. The van der Waals surface area contributed by atoms with Crippen LogP contribution in [0.2, 0.25) is 0 Å². The van der Waals surface area contributed by atoms with E-state index in [1.54, 1.807) is 19.2 Å². The van der Waals surface area contributed by atoms with Crippen molar-refractivity contribution in [1.82, 2.24) is 15.5 Å². The fraction of sp³-hybridized carbons (Fsp3) is 0.409. The van der Waals surface area contributed by atoms with Crippen molar-refractivity contribution in [2.45, 2.75) is 31.2 Å². The van der Waals surface area contributed by atoms with Crippen LogP contribution in [0.15, 0.2) is 64.5 Å². The van der Waals surface area contributed by atoms with Gasteiger partial charge in [-0.05, 0) is 42.8 Å². The van der Waals surface area contributed by atoms with Gasteiger partial charge in [0.2, 0.25) is 10.0 Å². The Morgan fingerprint density at radius 1 is 1.03 bits per heavy atom. The first-order chi connectivity index (χ1) is 14.4. The van der Waals surface area contributed by atoms with Crippen molar-refractivity contribution in [3.63, 3.8) is 0 Å². The summed E-state index contributed by atoms with van der Waals surface area (Å²) in [5.41, 5.74) is 2.30. The van der Waals surface area contributed by atoms with Crippen LogP contribution in [0, 0.1) is 0 Å². The van der Waals surface area contributed by atoms with Crippen molar-refractivity contribution in [3.05, 3.63) is 65.7 Å². The molecule has 2 rings (SSSR count). The summed E-state index contributed by atoms with van der Waals surface area (Å²) in [6, 6.07) is 17.4. The molecule has 31 heavy (non-hydrogen) atoms. The van der Waals surface area contributed by atoms with Crippen LogP contribution >= 0.6 is 24.0 Å². The number of halogens is 1. The van der Waals surface area contributed by atoms with E-state index < -0.39 is 10.0 Å². The van der Waals surface area contributed by atoms with Crippen molar-refractivity contribution in [2.75, 3.05) is 33.2 Å². The fourth-order valence-corrected chi connectivity index (χ4v) is 3.90. The van der Waals surface area contributed by atoms with E-state index in [9.17, 15) is 8.42 Å². The van der Waals surface area contributed by atoms with Gasteiger partial charge >= 0.3 is 0 Å². The number of sulfonamides is 1. The predicted octanol–water partition coefficient (Wildman–Crippen LogP) is 2.74. The minimum absolute atomic E-state index is 0. The van der Waals surface area contributed by atoms with E-state index in [-0.39, 0.29) is 34.9 Å². The van der Waals surface area contributed by atoms with E-state index in [1.165, 1.54) is 17.7 Å². The number of hydrogen-bond acceptors (Lipinski definition) is 4. The lowest BCUT2D eigenvalue weighted by molar-refractivity contribution is 0.219. The first-order valence-corrected chi connectivity index (χ1v) is 11.8. The Morgan fingerprint density at radius 2 is 1.65 bits per heavy atom. The topological polar surface area (TPSA) is 99.8 Å². The Kier molecular flexibility index (Phi) is 12.1.